The zero-order valence-corrected chi connectivity index (χ0v) is 17.8. The SMILES string of the molecule is Cc1ccc(OCCNC(=O)[C@H]2CCCN(S(=O)(=O)c3cccs3)C2)cc1C. The highest BCUT2D eigenvalue weighted by Crippen LogP contribution is 2.26. The number of carbonyl (C=O) groups excluding carboxylic acids is 1. The number of rotatable bonds is 7. The molecule has 0 bridgehead atoms. The molecule has 8 heteroatoms. The Balaban J connectivity index is 1.48. The number of amides is 1. The van der Waals surface area contributed by atoms with Crippen LogP contribution in [0.4, 0.5) is 0 Å². The molecule has 1 aliphatic rings. The molecule has 152 valence electrons. The number of sulfonamides is 1. The first kappa shape index (κ1) is 20.8. The Hall–Kier alpha value is -1.90. The quantitative estimate of drug-likeness (QED) is 0.696. The molecule has 3 rings (SSSR count). The average Bonchev–Trinajstić information content (AvgIpc) is 3.23. The van der Waals surface area contributed by atoms with Crippen LogP contribution in [-0.4, -0.2) is 44.9 Å². The largest absolute Gasteiger partial charge is 0.492 e. The predicted octanol–water partition coefficient (Wildman–Crippen LogP) is 2.96. The van der Waals surface area contributed by atoms with Crippen LogP contribution in [0.15, 0.2) is 39.9 Å². The molecular formula is C20H26N2O4S2. The highest BCUT2D eigenvalue weighted by molar-refractivity contribution is 7.91. The number of ether oxygens (including phenoxy) is 1. The van der Waals surface area contributed by atoms with Gasteiger partial charge in [0, 0.05) is 13.1 Å². The molecule has 2 heterocycles. The fourth-order valence-electron chi connectivity index (χ4n) is 3.20. The first-order valence-corrected chi connectivity index (χ1v) is 11.7. The maximum Gasteiger partial charge on any atom is 0.252 e. The van der Waals surface area contributed by atoms with Gasteiger partial charge >= 0.3 is 0 Å². The van der Waals surface area contributed by atoms with E-state index in [9.17, 15) is 13.2 Å². The summed E-state index contributed by atoms with van der Waals surface area (Å²) in [5.41, 5.74) is 2.37. The van der Waals surface area contributed by atoms with Crippen LogP contribution in [0.1, 0.15) is 24.0 Å². The first-order chi connectivity index (χ1) is 13.4. The van der Waals surface area contributed by atoms with Crippen molar-refractivity contribution in [3.05, 3.63) is 46.8 Å². The Morgan fingerprint density at radius 1 is 1.29 bits per heavy atom. The fraction of sp³-hybridized carbons (Fsp3) is 0.450. The van der Waals surface area contributed by atoms with Gasteiger partial charge in [-0.15, -0.1) is 11.3 Å². The summed E-state index contributed by atoms with van der Waals surface area (Å²) in [5, 5.41) is 4.62. The highest BCUT2D eigenvalue weighted by atomic mass is 32.2. The molecule has 1 saturated heterocycles. The summed E-state index contributed by atoms with van der Waals surface area (Å²) in [6.45, 7) is 5.52. The summed E-state index contributed by atoms with van der Waals surface area (Å²) in [4.78, 5) is 12.5. The molecule has 1 aliphatic heterocycles. The Morgan fingerprint density at radius 2 is 2.11 bits per heavy atom. The number of nitrogens with one attached hydrogen (secondary N) is 1. The van der Waals surface area contributed by atoms with E-state index in [1.807, 2.05) is 32.0 Å². The van der Waals surface area contributed by atoms with Gasteiger partial charge in [-0.05, 0) is 61.4 Å². The van der Waals surface area contributed by atoms with Gasteiger partial charge in [-0.25, -0.2) is 8.42 Å². The van der Waals surface area contributed by atoms with Gasteiger partial charge in [-0.3, -0.25) is 4.79 Å². The lowest BCUT2D eigenvalue weighted by Crippen LogP contribution is -2.45. The van der Waals surface area contributed by atoms with Crippen LogP contribution in [-0.2, 0) is 14.8 Å². The zero-order chi connectivity index (χ0) is 20.1. The molecule has 1 amide bonds. The van der Waals surface area contributed by atoms with Crippen LogP contribution in [0.5, 0.6) is 5.75 Å². The van der Waals surface area contributed by atoms with Crippen molar-refractivity contribution in [2.45, 2.75) is 30.9 Å². The van der Waals surface area contributed by atoms with Crippen molar-refractivity contribution in [2.24, 2.45) is 5.92 Å². The number of thiophene rings is 1. The monoisotopic (exact) mass is 422 g/mol. The van der Waals surface area contributed by atoms with Gasteiger partial charge in [-0.2, -0.15) is 4.31 Å². The van der Waals surface area contributed by atoms with E-state index in [2.05, 4.69) is 5.32 Å². The number of carbonyl (C=O) groups is 1. The maximum absolute atomic E-state index is 12.7. The van der Waals surface area contributed by atoms with E-state index in [4.69, 9.17) is 4.74 Å². The molecule has 6 nitrogen and oxygen atoms in total. The summed E-state index contributed by atoms with van der Waals surface area (Å²) in [5.74, 6) is 0.336. The van der Waals surface area contributed by atoms with Crippen molar-refractivity contribution in [3.8, 4) is 5.75 Å². The molecule has 0 unspecified atom stereocenters. The van der Waals surface area contributed by atoms with E-state index in [0.29, 0.717) is 36.7 Å². The third-order valence-electron chi connectivity index (χ3n) is 4.99. The second kappa shape index (κ2) is 9.07. The number of piperidine rings is 1. The summed E-state index contributed by atoms with van der Waals surface area (Å²) < 4.78 is 32.8. The highest BCUT2D eigenvalue weighted by Gasteiger charge is 2.33. The topological polar surface area (TPSA) is 75.7 Å². The summed E-state index contributed by atoms with van der Waals surface area (Å²) >= 11 is 1.20. The molecule has 1 fully saturated rings. The Labute approximate surface area is 170 Å². The van der Waals surface area contributed by atoms with Crippen molar-refractivity contribution >= 4 is 27.3 Å². The van der Waals surface area contributed by atoms with Crippen LogP contribution >= 0.6 is 11.3 Å². The standard InChI is InChI=1S/C20H26N2O4S2/c1-15-7-8-18(13-16(15)2)26-11-9-21-20(23)17-5-3-10-22(14-17)28(24,25)19-6-4-12-27-19/h4,6-8,12-13,17H,3,5,9-11,14H2,1-2H3,(H,21,23)/t17-/m0/s1. The van der Waals surface area contributed by atoms with Gasteiger partial charge in [0.1, 0.15) is 16.6 Å². The van der Waals surface area contributed by atoms with E-state index in [1.165, 1.54) is 21.2 Å². The van der Waals surface area contributed by atoms with E-state index in [0.717, 1.165) is 11.3 Å². The normalized spacial score (nSPS) is 18.0. The summed E-state index contributed by atoms with van der Waals surface area (Å²) in [6.07, 6.45) is 1.38. The molecular weight excluding hydrogens is 396 g/mol. The first-order valence-electron chi connectivity index (χ1n) is 9.39. The van der Waals surface area contributed by atoms with E-state index < -0.39 is 10.0 Å². The Morgan fingerprint density at radius 3 is 2.82 bits per heavy atom. The van der Waals surface area contributed by atoms with Crippen LogP contribution in [0.25, 0.3) is 0 Å². The third-order valence-corrected chi connectivity index (χ3v) is 8.23. The maximum atomic E-state index is 12.7. The fourth-order valence-corrected chi connectivity index (χ4v) is 5.87. The lowest BCUT2D eigenvalue weighted by molar-refractivity contribution is -0.126. The van der Waals surface area contributed by atoms with E-state index >= 15 is 0 Å². The van der Waals surface area contributed by atoms with Crippen molar-refractivity contribution < 1.29 is 17.9 Å². The minimum absolute atomic E-state index is 0.116. The molecule has 2 aromatic rings. The molecule has 1 aromatic carbocycles. The minimum Gasteiger partial charge on any atom is -0.492 e. The molecule has 1 atom stereocenters. The van der Waals surface area contributed by atoms with Crippen LogP contribution in [0, 0.1) is 19.8 Å². The second-order valence-electron chi connectivity index (χ2n) is 7.02. The number of nitrogens with zero attached hydrogens (tertiary/aromatic N) is 1. The van der Waals surface area contributed by atoms with Gasteiger partial charge < -0.3 is 10.1 Å². The molecule has 0 radical (unpaired) electrons. The van der Waals surface area contributed by atoms with Crippen LogP contribution in [0.3, 0.4) is 0 Å². The average molecular weight is 423 g/mol. The molecule has 0 aliphatic carbocycles. The second-order valence-corrected chi connectivity index (χ2v) is 10.1. The molecule has 0 saturated carbocycles. The van der Waals surface area contributed by atoms with Crippen molar-refractivity contribution in [1.29, 1.82) is 0 Å². The lowest BCUT2D eigenvalue weighted by Gasteiger charge is -2.30. The van der Waals surface area contributed by atoms with Gasteiger partial charge in [-0.1, -0.05) is 12.1 Å². The van der Waals surface area contributed by atoms with Crippen LogP contribution in [0.2, 0.25) is 0 Å². The molecule has 0 spiro atoms. The van der Waals surface area contributed by atoms with Crippen LogP contribution < -0.4 is 10.1 Å². The lowest BCUT2D eigenvalue weighted by atomic mass is 9.99. The summed E-state index contributed by atoms with van der Waals surface area (Å²) in [7, 11) is -3.51. The number of benzene rings is 1. The molecule has 28 heavy (non-hydrogen) atoms. The Kier molecular flexibility index (Phi) is 6.74. The smallest absolute Gasteiger partial charge is 0.252 e. The summed E-state index contributed by atoms with van der Waals surface area (Å²) in [6, 6.07) is 9.23. The van der Waals surface area contributed by atoms with Gasteiger partial charge in [0.05, 0.1) is 12.5 Å². The van der Waals surface area contributed by atoms with Gasteiger partial charge in [0.2, 0.25) is 5.91 Å². The molecule has 1 N–H and O–H groups in total. The minimum atomic E-state index is -3.51. The third kappa shape index (κ3) is 4.92. The number of hydrogen-bond acceptors (Lipinski definition) is 5. The Bertz CT molecular complexity index is 910. The zero-order valence-electron chi connectivity index (χ0n) is 16.2. The van der Waals surface area contributed by atoms with Gasteiger partial charge in [0.25, 0.3) is 10.0 Å². The van der Waals surface area contributed by atoms with E-state index in [1.54, 1.807) is 17.5 Å². The van der Waals surface area contributed by atoms with E-state index in [-0.39, 0.29) is 18.4 Å². The van der Waals surface area contributed by atoms with Crippen molar-refractivity contribution in [1.82, 2.24) is 9.62 Å². The number of aryl methyl sites for hydroxylation is 2. The number of hydrogen-bond donors (Lipinski definition) is 1. The van der Waals surface area contributed by atoms with Gasteiger partial charge in [0.15, 0.2) is 0 Å². The van der Waals surface area contributed by atoms with Crippen molar-refractivity contribution in [2.75, 3.05) is 26.2 Å². The van der Waals surface area contributed by atoms with Crippen molar-refractivity contribution in [3.63, 3.8) is 0 Å². The molecule has 1 aromatic heterocycles. The predicted molar refractivity (Wildman–Crippen MR) is 110 cm³/mol.